The molecule has 0 saturated heterocycles. The van der Waals surface area contributed by atoms with E-state index in [0.717, 1.165) is 16.7 Å². The van der Waals surface area contributed by atoms with Crippen LogP contribution >= 0.6 is 0 Å². The smallest absolute Gasteiger partial charge is 0.410 e. The first-order valence-corrected chi connectivity index (χ1v) is 11.5. The van der Waals surface area contributed by atoms with Gasteiger partial charge in [-0.15, -0.1) is 0 Å². The molecule has 0 saturated carbocycles. The molecule has 1 aliphatic rings. The molecule has 2 aromatic carbocycles. The van der Waals surface area contributed by atoms with Gasteiger partial charge in [-0.25, -0.2) is 14.4 Å². The number of aromatic carboxylic acids is 1. The Morgan fingerprint density at radius 2 is 1.74 bits per heavy atom. The average Bonchev–Trinajstić information content (AvgIpc) is 3.16. The summed E-state index contributed by atoms with van der Waals surface area (Å²) < 4.78 is 12.4. The summed E-state index contributed by atoms with van der Waals surface area (Å²) in [6.45, 7) is 4.71. The highest BCUT2D eigenvalue weighted by atomic mass is 16.6. The summed E-state index contributed by atoms with van der Waals surface area (Å²) in [5, 5.41) is 9.97. The van der Waals surface area contributed by atoms with Crippen molar-refractivity contribution in [2.75, 3.05) is 13.2 Å². The molecule has 0 bridgehead atoms. The van der Waals surface area contributed by atoms with Crippen molar-refractivity contribution in [1.29, 1.82) is 0 Å². The number of hydrogen-bond acceptors (Lipinski definition) is 5. The van der Waals surface area contributed by atoms with E-state index in [0.29, 0.717) is 35.5 Å². The van der Waals surface area contributed by atoms with Gasteiger partial charge in [0.2, 0.25) is 0 Å². The van der Waals surface area contributed by atoms with Gasteiger partial charge in [-0.1, -0.05) is 30.3 Å². The molecule has 0 aliphatic carbocycles. The van der Waals surface area contributed by atoms with Crippen molar-refractivity contribution >= 4 is 18.0 Å². The second kappa shape index (κ2) is 10.0. The number of carbonyl (C=O) groups excluding carboxylic acids is 2. The van der Waals surface area contributed by atoms with Crippen molar-refractivity contribution < 1.29 is 29.0 Å². The van der Waals surface area contributed by atoms with Crippen molar-refractivity contribution in [2.45, 2.75) is 33.4 Å². The van der Waals surface area contributed by atoms with Gasteiger partial charge >= 0.3 is 18.0 Å². The first-order valence-electron chi connectivity index (χ1n) is 11.5. The number of esters is 1. The lowest BCUT2D eigenvalue weighted by Gasteiger charge is -2.29. The fraction of sp³-hybridized carbons (Fsp3) is 0.296. The number of aromatic nitrogens is 1. The van der Waals surface area contributed by atoms with Crippen LogP contribution in [0.1, 0.15) is 50.0 Å². The van der Waals surface area contributed by atoms with E-state index in [1.807, 2.05) is 36.4 Å². The van der Waals surface area contributed by atoms with Gasteiger partial charge in [0.05, 0.1) is 17.7 Å². The standard InChI is InChI=1S/C27H28N2O6/c1-4-34-26(32)21-14-24(28(3)17(21)2)22-12-19-10-11-29(15-20(19)13-23(22)25(30)31)27(33)35-16-18-8-6-5-7-9-18/h5-9,12-14H,4,10-11,15-16H2,1-3H3,(H,30,31). The van der Waals surface area contributed by atoms with E-state index in [-0.39, 0.29) is 25.3 Å². The van der Waals surface area contributed by atoms with Gasteiger partial charge < -0.3 is 24.0 Å². The molecule has 2 heterocycles. The van der Waals surface area contributed by atoms with E-state index in [9.17, 15) is 19.5 Å². The molecule has 1 aromatic heterocycles. The highest BCUT2D eigenvalue weighted by Crippen LogP contribution is 2.33. The average molecular weight is 477 g/mol. The molecule has 0 fully saturated rings. The molecule has 8 heteroatoms. The third-order valence-corrected chi connectivity index (χ3v) is 6.35. The van der Waals surface area contributed by atoms with Crippen LogP contribution in [0.4, 0.5) is 4.79 Å². The molecule has 0 spiro atoms. The monoisotopic (exact) mass is 476 g/mol. The molecule has 35 heavy (non-hydrogen) atoms. The number of amides is 1. The highest BCUT2D eigenvalue weighted by molar-refractivity contribution is 5.98. The van der Waals surface area contributed by atoms with Crippen LogP contribution in [0.25, 0.3) is 11.3 Å². The fourth-order valence-corrected chi connectivity index (χ4v) is 4.34. The van der Waals surface area contributed by atoms with Crippen molar-refractivity contribution in [1.82, 2.24) is 9.47 Å². The Hall–Kier alpha value is -4.07. The van der Waals surface area contributed by atoms with Gasteiger partial charge in [0.15, 0.2) is 0 Å². The Labute approximate surface area is 203 Å². The van der Waals surface area contributed by atoms with Gasteiger partial charge in [0.1, 0.15) is 6.61 Å². The van der Waals surface area contributed by atoms with E-state index in [4.69, 9.17) is 9.47 Å². The first-order chi connectivity index (χ1) is 16.8. The molecule has 3 aromatic rings. The number of nitrogens with zero attached hydrogens (tertiary/aromatic N) is 2. The number of carbonyl (C=O) groups is 3. The summed E-state index contributed by atoms with van der Waals surface area (Å²) in [5.41, 5.74) is 4.99. The Kier molecular flexibility index (Phi) is 6.91. The summed E-state index contributed by atoms with van der Waals surface area (Å²) >= 11 is 0. The zero-order valence-corrected chi connectivity index (χ0v) is 20.0. The maximum absolute atomic E-state index is 12.6. The van der Waals surface area contributed by atoms with E-state index >= 15 is 0 Å². The van der Waals surface area contributed by atoms with Gasteiger partial charge in [-0.3, -0.25) is 0 Å². The minimum Gasteiger partial charge on any atom is -0.478 e. The van der Waals surface area contributed by atoms with Crippen LogP contribution in [0.3, 0.4) is 0 Å². The Bertz CT molecular complexity index is 1280. The fourth-order valence-electron chi connectivity index (χ4n) is 4.34. The van der Waals surface area contributed by atoms with Crippen LogP contribution in [0.15, 0.2) is 48.5 Å². The second-order valence-electron chi connectivity index (χ2n) is 8.49. The van der Waals surface area contributed by atoms with Crippen molar-refractivity contribution in [3.8, 4) is 11.3 Å². The number of hydrogen-bond donors (Lipinski definition) is 1. The zero-order chi connectivity index (χ0) is 25.1. The Morgan fingerprint density at radius 1 is 1.00 bits per heavy atom. The van der Waals surface area contributed by atoms with Crippen LogP contribution in [0.5, 0.6) is 0 Å². The summed E-state index contributed by atoms with van der Waals surface area (Å²) in [5.74, 6) is -1.52. The predicted molar refractivity (Wildman–Crippen MR) is 129 cm³/mol. The van der Waals surface area contributed by atoms with Crippen molar-refractivity contribution in [2.24, 2.45) is 7.05 Å². The third-order valence-electron chi connectivity index (χ3n) is 6.35. The molecule has 0 radical (unpaired) electrons. The van der Waals surface area contributed by atoms with Gasteiger partial charge in [0, 0.05) is 37.1 Å². The molecule has 1 aliphatic heterocycles. The lowest BCUT2D eigenvalue weighted by Crippen LogP contribution is -2.36. The van der Waals surface area contributed by atoms with Gasteiger partial charge in [0.25, 0.3) is 0 Å². The minimum absolute atomic E-state index is 0.110. The third kappa shape index (κ3) is 4.91. The Morgan fingerprint density at radius 3 is 2.43 bits per heavy atom. The maximum Gasteiger partial charge on any atom is 0.410 e. The van der Waals surface area contributed by atoms with E-state index in [1.165, 1.54) is 0 Å². The quantitative estimate of drug-likeness (QED) is 0.524. The molecule has 8 nitrogen and oxygen atoms in total. The van der Waals surface area contributed by atoms with Crippen LogP contribution in [0.2, 0.25) is 0 Å². The molecule has 4 rings (SSSR count). The number of carboxylic acids is 1. The largest absolute Gasteiger partial charge is 0.478 e. The lowest BCUT2D eigenvalue weighted by atomic mass is 9.92. The summed E-state index contributed by atoms with van der Waals surface area (Å²) in [7, 11) is 1.79. The first kappa shape index (κ1) is 24.1. The zero-order valence-electron chi connectivity index (χ0n) is 20.0. The molecule has 182 valence electrons. The van der Waals surface area contributed by atoms with Crippen LogP contribution in [-0.2, 0) is 36.1 Å². The maximum atomic E-state index is 12.6. The SMILES string of the molecule is CCOC(=O)c1cc(-c2cc3c(cc2C(=O)O)CN(C(=O)OCc2ccccc2)CC3)n(C)c1C. The predicted octanol–water partition coefficient (Wildman–Crippen LogP) is 4.57. The summed E-state index contributed by atoms with van der Waals surface area (Å²) in [6, 6.07) is 14.6. The lowest BCUT2D eigenvalue weighted by molar-refractivity contribution is 0.0524. The molecule has 0 atom stereocenters. The van der Waals surface area contributed by atoms with E-state index in [1.54, 1.807) is 42.5 Å². The normalized spacial score (nSPS) is 12.7. The molecular formula is C27H28N2O6. The summed E-state index contributed by atoms with van der Waals surface area (Å²) in [4.78, 5) is 38.8. The molecular weight excluding hydrogens is 448 g/mol. The minimum atomic E-state index is -1.08. The topological polar surface area (TPSA) is 98.1 Å². The van der Waals surface area contributed by atoms with Crippen molar-refractivity contribution in [3.63, 3.8) is 0 Å². The van der Waals surface area contributed by atoms with Crippen LogP contribution in [-0.4, -0.2) is 45.8 Å². The van der Waals surface area contributed by atoms with Crippen molar-refractivity contribution in [3.05, 3.63) is 82.0 Å². The molecule has 1 amide bonds. The van der Waals surface area contributed by atoms with E-state index < -0.39 is 18.0 Å². The number of carboxylic acid groups (broad SMARTS) is 1. The Balaban J connectivity index is 1.60. The second-order valence-corrected chi connectivity index (χ2v) is 8.49. The number of benzene rings is 2. The van der Waals surface area contributed by atoms with Crippen LogP contribution < -0.4 is 0 Å². The summed E-state index contributed by atoms with van der Waals surface area (Å²) in [6.07, 6.45) is 0.133. The molecule has 1 N–H and O–H groups in total. The van der Waals surface area contributed by atoms with Gasteiger partial charge in [-0.05, 0) is 55.2 Å². The highest BCUT2D eigenvalue weighted by Gasteiger charge is 2.27. The number of rotatable bonds is 6. The van der Waals surface area contributed by atoms with Crippen LogP contribution in [0, 0.1) is 6.92 Å². The number of fused-ring (bicyclic) bond motifs is 1. The number of ether oxygens (including phenoxy) is 2. The van der Waals surface area contributed by atoms with Gasteiger partial charge in [-0.2, -0.15) is 0 Å². The van der Waals surface area contributed by atoms with E-state index in [2.05, 4.69) is 0 Å². The molecule has 0 unspecified atom stereocenters.